The number of nitrogens with one attached hydrogen (secondary N) is 1. The highest BCUT2D eigenvalue weighted by atomic mass is 16.3. The zero-order valence-corrected chi connectivity index (χ0v) is 16.1. The number of benzene rings is 2. The molecule has 0 aliphatic heterocycles. The lowest BCUT2D eigenvalue weighted by Gasteiger charge is -2.27. The summed E-state index contributed by atoms with van der Waals surface area (Å²) in [6, 6.07) is 20.3. The molecule has 0 bridgehead atoms. The van der Waals surface area contributed by atoms with Gasteiger partial charge >= 0.3 is 0 Å². The summed E-state index contributed by atoms with van der Waals surface area (Å²) in [5.41, 5.74) is 2.15. The van der Waals surface area contributed by atoms with Crippen molar-refractivity contribution in [3.63, 3.8) is 0 Å². The van der Waals surface area contributed by atoms with Gasteiger partial charge in [0.15, 0.2) is 0 Å². The number of hydrogen-bond acceptors (Lipinski definition) is 3. The first-order valence-electron chi connectivity index (χ1n) is 9.30. The molecule has 0 aliphatic carbocycles. The van der Waals surface area contributed by atoms with Gasteiger partial charge in [-0.2, -0.15) is 0 Å². The molecule has 28 heavy (non-hydrogen) atoms. The first-order chi connectivity index (χ1) is 13.5. The highest BCUT2D eigenvalue weighted by molar-refractivity contribution is 5.97. The second-order valence-electron chi connectivity index (χ2n) is 6.85. The third-order valence-electron chi connectivity index (χ3n) is 4.48. The normalized spacial score (nSPS) is 10.7. The van der Waals surface area contributed by atoms with Crippen molar-refractivity contribution in [2.24, 2.45) is 0 Å². The molecule has 0 radical (unpaired) electrons. The van der Waals surface area contributed by atoms with Gasteiger partial charge in [-0.1, -0.05) is 30.3 Å². The van der Waals surface area contributed by atoms with Crippen molar-refractivity contribution in [1.82, 2.24) is 10.2 Å². The Morgan fingerprint density at radius 3 is 2.21 bits per heavy atom. The molecule has 1 heterocycles. The van der Waals surface area contributed by atoms with Crippen LogP contribution in [0.3, 0.4) is 0 Å². The third kappa shape index (κ3) is 4.88. The van der Waals surface area contributed by atoms with Crippen molar-refractivity contribution in [2.75, 3.05) is 0 Å². The van der Waals surface area contributed by atoms with Gasteiger partial charge in [-0.05, 0) is 55.8 Å². The summed E-state index contributed by atoms with van der Waals surface area (Å²) in [5.74, 6) is 0.426. The topological polar surface area (TPSA) is 62.6 Å². The van der Waals surface area contributed by atoms with Gasteiger partial charge < -0.3 is 14.6 Å². The van der Waals surface area contributed by atoms with Crippen molar-refractivity contribution in [2.45, 2.75) is 33.0 Å². The fourth-order valence-corrected chi connectivity index (χ4v) is 2.88. The summed E-state index contributed by atoms with van der Waals surface area (Å²) in [5, 5.41) is 2.80. The monoisotopic (exact) mass is 376 g/mol. The van der Waals surface area contributed by atoms with Crippen molar-refractivity contribution in [1.29, 1.82) is 0 Å². The quantitative estimate of drug-likeness (QED) is 0.670. The molecule has 0 atom stereocenters. The Morgan fingerprint density at radius 2 is 1.61 bits per heavy atom. The fourth-order valence-electron chi connectivity index (χ4n) is 2.88. The Morgan fingerprint density at radius 1 is 0.929 bits per heavy atom. The molecule has 1 aromatic heterocycles. The molecule has 0 spiro atoms. The summed E-state index contributed by atoms with van der Waals surface area (Å²) < 4.78 is 5.20. The summed E-state index contributed by atoms with van der Waals surface area (Å²) >= 11 is 0. The second kappa shape index (κ2) is 9.04. The van der Waals surface area contributed by atoms with Gasteiger partial charge in [-0.3, -0.25) is 9.59 Å². The summed E-state index contributed by atoms with van der Waals surface area (Å²) in [7, 11) is 0. The molecule has 0 fully saturated rings. The van der Waals surface area contributed by atoms with E-state index < -0.39 is 0 Å². The summed E-state index contributed by atoms with van der Waals surface area (Å²) in [4.78, 5) is 27.0. The maximum absolute atomic E-state index is 13.0. The Kier molecular flexibility index (Phi) is 6.27. The minimum Gasteiger partial charge on any atom is -0.467 e. The molecule has 0 saturated carbocycles. The molecule has 2 amide bonds. The number of carbonyl (C=O) groups is 2. The zero-order chi connectivity index (χ0) is 19.9. The van der Waals surface area contributed by atoms with Crippen LogP contribution >= 0.6 is 0 Å². The molecule has 3 aromatic rings. The number of rotatable bonds is 7. The van der Waals surface area contributed by atoms with E-state index in [0.29, 0.717) is 30.0 Å². The van der Waals surface area contributed by atoms with Crippen LogP contribution in [0.2, 0.25) is 0 Å². The second-order valence-corrected chi connectivity index (χ2v) is 6.85. The molecule has 144 valence electrons. The van der Waals surface area contributed by atoms with Crippen LogP contribution in [0.4, 0.5) is 0 Å². The minimum atomic E-state index is -0.208. The highest BCUT2D eigenvalue weighted by Crippen LogP contribution is 2.14. The van der Waals surface area contributed by atoms with Gasteiger partial charge in [0.05, 0.1) is 12.8 Å². The number of nitrogens with zero attached hydrogens (tertiary/aromatic N) is 1. The van der Waals surface area contributed by atoms with Gasteiger partial charge in [0.1, 0.15) is 5.76 Å². The Bertz CT molecular complexity index is 901. The lowest BCUT2D eigenvalue weighted by atomic mass is 10.1. The van der Waals surface area contributed by atoms with Gasteiger partial charge in [0.25, 0.3) is 11.8 Å². The van der Waals surface area contributed by atoms with E-state index in [0.717, 1.165) is 5.56 Å². The van der Waals surface area contributed by atoms with Gasteiger partial charge in [-0.25, -0.2) is 0 Å². The molecule has 0 unspecified atom stereocenters. The van der Waals surface area contributed by atoms with E-state index in [4.69, 9.17) is 4.42 Å². The zero-order valence-electron chi connectivity index (χ0n) is 16.1. The largest absolute Gasteiger partial charge is 0.467 e. The van der Waals surface area contributed by atoms with Crippen LogP contribution in [0.1, 0.15) is 45.9 Å². The molecule has 3 rings (SSSR count). The van der Waals surface area contributed by atoms with Crippen LogP contribution in [-0.2, 0) is 13.1 Å². The van der Waals surface area contributed by atoms with Crippen LogP contribution in [0.5, 0.6) is 0 Å². The lowest BCUT2D eigenvalue weighted by molar-refractivity contribution is 0.0690. The van der Waals surface area contributed by atoms with Crippen LogP contribution < -0.4 is 5.32 Å². The third-order valence-corrected chi connectivity index (χ3v) is 4.48. The lowest BCUT2D eigenvalue weighted by Crippen LogP contribution is -2.36. The van der Waals surface area contributed by atoms with Crippen molar-refractivity contribution in [3.05, 3.63) is 95.4 Å². The van der Waals surface area contributed by atoms with Crippen molar-refractivity contribution in [3.8, 4) is 0 Å². The summed E-state index contributed by atoms with van der Waals surface area (Å²) in [6.45, 7) is 4.86. The van der Waals surface area contributed by atoms with Crippen molar-refractivity contribution >= 4 is 11.8 Å². The molecular formula is C23H24N2O3. The Hall–Kier alpha value is -3.34. The molecule has 1 N–H and O–H groups in total. The predicted octanol–water partition coefficient (Wildman–Crippen LogP) is 4.26. The predicted molar refractivity (Wildman–Crippen MR) is 108 cm³/mol. The number of carbonyl (C=O) groups excluding carboxylic acids is 2. The molecule has 5 heteroatoms. The van der Waals surface area contributed by atoms with E-state index in [9.17, 15) is 9.59 Å². The van der Waals surface area contributed by atoms with E-state index >= 15 is 0 Å². The molecular weight excluding hydrogens is 352 g/mol. The van der Waals surface area contributed by atoms with E-state index in [1.54, 1.807) is 42.7 Å². The maximum Gasteiger partial charge on any atom is 0.254 e. The standard InChI is InChI=1S/C23H24N2O3/c1-17(2)25(16-18-7-4-3-5-8-18)23(27)20-12-10-19(11-13-20)22(26)24-15-21-9-6-14-28-21/h3-14,17H,15-16H2,1-2H3,(H,24,26). The van der Waals surface area contributed by atoms with E-state index in [-0.39, 0.29) is 17.9 Å². The minimum absolute atomic E-state index is 0.0543. The highest BCUT2D eigenvalue weighted by Gasteiger charge is 2.19. The van der Waals surface area contributed by atoms with Crippen LogP contribution in [0, 0.1) is 0 Å². The molecule has 0 saturated heterocycles. The number of furan rings is 1. The van der Waals surface area contributed by atoms with Crippen LogP contribution in [-0.4, -0.2) is 22.8 Å². The van der Waals surface area contributed by atoms with Crippen molar-refractivity contribution < 1.29 is 14.0 Å². The van der Waals surface area contributed by atoms with Gasteiger partial charge in [-0.15, -0.1) is 0 Å². The average Bonchev–Trinajstić information content (AvgIpc) is 3.24. The Labute approximate surface area is 165 Å². The fraction of sp³-hybridized carbons (Fsp3) is 0.217. The summed E-state index contributed by atoms with van der Waals surface area (Å²) in [6.07, 6.45) is 1.57. The SMILES string of the molecule is CC(C)N(Cc1ccccc1)C(=O)c1ccc(C(=O)NCc2ccco2)cc1. The number of hydrogen-bond donors (Lipinski definition) is 1. The van der Waals surface area contributed by atoms with E-state index in [1.807, 2.05) is 49.1 Å². The van der Waals surface area contributed by atoms with Gasteiger partial charge in [0, 0.05) is 23.7 Å². The van der Waals surface area contributed by atoms with Gasteiger partial charge in [0.2, 0.25) is 0 Å². The molecule has 5 nitrogen and oxygen atoms in total. The molecule has 2 aromatic carbocycles. The number of amides is 2. The van der Waals surface area contributed by atoms with E-state index in [1.165, 1.54) is 0 Å². The molecule has 0 aliphatic rings. The first kappa shape index (κ1) is 19.4. The van der Waals surface area contributed by atoms with Crippen LogP contribution in [0.15, 0.2) is 77.4 Å². The first-order valence-corrected chi connectivity index (χ1v) is 9.30. The average molecular weight is 376 g/mol. The smallest absolute Gasteiger partial charge is 0.254 e. The van der Waals surface area contributed by atoms with Crippen LogP contribution in [0.25, 0.3) is 0 Å². The Balaban J connectivity index is 1.66. The van der Waals surface area contributed by atoms with E-state index in [2.05, 4.69) is 5.32 Å². The maximum atomic E-state index is 13.0.